The van der Waals surface area contributed by atoms with Gasteiger partial charge in [0.25, 0.3) is 5.91 Å². The minimum absolute atomic E-state index is 0.120. The molecule has 1 amide bonds. The summed E-state index contributed by atoms with van der Waals surface area (Å²) < 4.78 is 7.13. The standard InChI is InChI=1S/C11H12IN3O3/c1-2-18-10(17)6-7-9(16)13-11(3-4-11)5-15(7)14-8(6)12/h2-5H2,1H3,(H,13,16). The Kier molecular flexibility index (Phi) is 2.61. The second-order valence-corrected chi connectivity index (χ2v) is 5.65. The number of nitrogens with zero attached hydrogens (tertiary/aromatic N) is 2. The predicted octanol–water partition coefficient (Wildman–Crippen LogP) is 0.940. The Morgan fingerprint density at radius 3 is 2.94 bits per heavy atom. The van der Waals surface area contributed by atoms with Crippen LogP contribution in [0.4, 0.5) is 0 Å². The Morgan fingerprint density at radius 2 is 2.33 bits per heavy atom. The number of hydrogen-bond donors (Lipinski definition) is 1. The smallest absolute Gasteiger partial charge is 0.343 e. The average Bonchev–Trinajstić information content (AvgIpc) is 2.92. The van der Waals surface area contributed by atoms with Gasteiger partial charge in [-0.05, 0) is 42.4 Å². The number of carbonyl (C=O) groups is 2. The maximum atomic E-state index is 12.1. The zero-order valence-corrected chi connectivity index (χ0v) is 12.0. The summed E-state index contributed by atoms with van der Waals surface area (Å²) in [7, 11) is 0. The highest BCUT2D eigenvalue weighted by Gasteiger charge is 2.49. The molecule has 96 valence electrons. The van der Waals surface area contributed by atoms with Gasteiger partial charge in [-0.25, -0.2) is 4.79 Å². The number of aromatic nitrogens is 2. The largest absolute Gasteiger partial charge is 0.462 e. The Balaban J connectivity index is 2.04. The Labute approximate surface area is 117 Å². The number of carbonyl (C=O) groups excluding carboxylic acids is 2. The van der Waals surface area contributed by atoms with Gasteiger partial charge in [0.2, 0.25) is 0 Å². The molecule has 0 radical (unpaired) electrons. The number of amides is 1. The van der Waals surface area contributed by atoms with Crippen LogP contribution in [0.2, 0.25) is 0 Å². The molecule has 6 nitrogen and oxygen atoms in total. The fourth-order valence-electron chi connectivity index (χ4n) is 2.22. The van der Waals surface area contributed by atoms with Gasteiger partial charge in [-0.2, -0.15) is 5.10 Å². The summed E-state index contributed by atoms with van der Waals surface area (Å²) in [4.78, 5) is 24.0. The summed E-state index contributed by atoms with van der Waals surface area (Å²) in [5.74, 6) is -0.706. The van der Waals surface area contributed by atoms with Crippen LogP contribution in [0.15, 0.2) is 0 Å². The average molecular weight is 361 g/mol. The number of ether oxygens (including phenoxy) is 1. The van der Waals surface area contributed by atoms with E-state index in [2.05, 4.69) is 10.4 Å². The molecule has 0 saturated heterocycles. The fraction of sp³-hybridized carbons (Fsp3) is 0.545. The summed E-state index contributed by atoms with van der Waals surface area (Å²) in [5, 5.41) is 7.24. The first kappa shape index (κ1) is 11.9. The van der Waals surface area contributed by atoms with Crippen molar-refractivity contribution in [1.82, 2.24) is 15.1 Å². The van der Waals surface area contributed by atoms with Gasteiger partial charge in [-0.15, -0.1) is 0 Å². The molecule has 2 aliphatic rings. The first-order valence-corrected chi connectivity index (χ1v) is 6.90. The summed E-state index contributed by atoms with van der Waals surface area (Å²) >= 11 is 1.97. The molecule has 2 heterocycles. The van der Waals surface area contributed by atoms with Gasteiger partial charge in [-0.1, -0.05) is 0 Å². The van der Waals surface area contributed by atoms with Crippen LogP contribution in [-0.4, -0.2) is 33.8 Å². The number of esters is 1. The topological polar surface area (TPSA) is 73.2 Å². The number of nitrogens with one attached hydrogen (secondary N) is 1. The van der Waals surface area contributed by atoms with Crippen LogP contribution in [0.25, 0.3) is 0 Å². The van der Waals surface area contributed by atoms with Crippen LogP contribution in [0.3, 0.4) is 0 Å². The molecule has 1 aromatic rings. The van der Waals surface area contributed by atoms with E-state index in [0.717, 1.165) is 12.8 Å². The highest BCUT2D eigenvalue weighted by Crippen LogP contribution is 2.40. The van der Waals surface area contributed by atoms with Crippen LogP contribution >= 0.6 is 22.6 Å². The van der Waals surface area contributed by atoms with Crippen LogP contribution < -0.4 is 5.32 Å². The van der Waals surface area contributed by atoms with Gasteiger partial charge in [0.15, 0.2) is 0 Å². The first-order valence-electron chi connectivity index (χ1n) is 5.82. The maximum absolute atomic E-state index is 12.1. The van der Waals surface area contributed by atoms with Crippen molar-refractivity contribution in [2.75, 3.05) is 6.61 Å². The van der Waals surface area contributed by atoms with E-state index in [4.69, 9.17) is 4.74 Å². The first-order chi connectivity index (χ1) is 8.56. The van der Waals surface area contributed by atoms with Crippen molar-refractivity contribution >= 4 is 34.5 Å². The van der Waals surface area contributed by atoms with Crippen molar-refractivity contribution in [1.29, 1.82) is 0 Å². The summed E-state index contributed by atoms with van der Waals surface area (Å²) in [6, 6.07) is 0. The minimum Gasteiger partial charge on any atom is -0.462 e. The molecular weight excluding hydrogens is 349 g/mol. The number of rotatable bonds is 2. The number of fused-ring (bicyclic) bond motifs is 1. The van der Waals surface area contributed by atoms with Crippen molar-refractivity contribution in [2.24, 2.45) is 0 Å². The van der Waals surface area contributed by atoms with Crippen LogP contribution in [-0.2, 0) is 11.3 Å². The second kappa shape index (κ2) is 3.94. The molecule has 7 heteroatoms. The van der Waals surface area contributed by atoms with Crippen LogP contribution in [0, 0.1) is 3.70 Å². The molecule has 1 aliphatic heterocycles. The van der Waals surface area contributed by atoms with Gasteiger partial charge >= 0.3 is 5.97 Å². The van der Waals surface area contributed by atoms with Crippen molar-refractivity contribution in [2.45, 2.75) is 31.8 Å². The Hall–Kier alpha value is -1.12. The van der Waals surface area contributed by atoms with Crippen LogP contribution in [0.1, 0.15) is 40.6 Å². The van der Waals surface area contributed by atoms with E-state index in [0.29, 0.717) is 15.9 Å². The molecule has 1 fully saturated rings. The van der Waals surface area contributed by atoms with Gasteiger partial charge in [0.1, 0.15) is 15.0 Å². The monoisotopic (exact) mass is 361 g/mol. The molecule has 1 saturated carbocycles. The molecule has 18 heavy (non-hydrogen) atoms. The summed E-state index contributed by atoms with van der Waals surface area (Å²) in [6.07, 6.45) is 1.95. The lowest BCUT2D eigenvalue weighted by Crippen LogP contribution is -2.47. The predicted molar refractivity (Wildman–Crippen MR) is 70.3 cm³/mol. The molecule has 1 aliphatic carbocycles. The van der Waals surface area contributed by atoms with Crippen molar-refractivity contribution < 1.29 is 14.3 Å². The molecule has 1 N–H and O–H groups in total. The molecule has 1 spiro atoms. The quantitative estimate of drug-likeness (QED) is 0.629. The van der Waals surface area contributed by atoms with Crippen LogP contribution in [0.5, 0.6) is 0 Å². The van der Waals surface area contributed by atoms with E-state index in [1.165, 1.54) is 0 Å². The highest BCUT2D eigenvalue weighted by molar-refractivity contribution is 14.1. The third-order valence-electron chi connectivity index (χ3n) is 3.29. The molecule has 3 rings (SSSR count). The molecule has 0 aromatic carbocycles. The lowest BCUT2D eigenvalue weighted by Gasteiger charge is -2.24. The normalized spacial score (nSPS) is 19.3. The van der Waals surface area contributed by atoms with Crippen molar-refractivity contribution in [3.63, 3.8) is 0 Å². The zero-order chi connectivity index (χ0) is 12.9. The molecule has 0 unspecified atom stereocenters. The van der Waals surface area contributed by atoms with E-state index >= 15 is 0 Å². The van der Waals surface area contributed by atoms with E-state index in [1.54, 1.807) is 11.6 Å². The number of halogens is 1. The second-order valence-electron chi connectivity index (χ2n) is 4.63. The summed E-state index contributed by atoms with van der Waals surface area (Å²) in [6.45, 7) is 2.66. The van der Waals surface area contributed by atoms with Gasteiger partial charge in [0.05, 0.1) is 18.7 Å². The molecular formula is C11H12IN3O3. The SMILES string of the molecule is CCOC(=O)c1c(I)nn2c1C(=O)NC1(CC1)C2. The highest BCUT2D eigenvalue weighted by atomic mass is 127. The molecule has 0 atom stereocenters. The van der Waals surface area contributed by atoms with Gasteiger partial charge in [-0.3, -0.25) is 9.48 Å². The lowest BCUT2D eigenvalue weighted by molar-refractivity contribution is 0.0519. The van der Waals surface area contributed by atoms with Crippen molar-refractivity contribution in [3.8, 4) is 0 Å². The fourth-order valence-corrected chi connectivity index (χ4v) is 2.96. The summed E-state index contributed by atoms with van der Waals surface area (Å²) in [5.41, 5.74) is 0.492. The zero-order valence-electron chi connectivity index (χ0n) is 9.83. The third-order valence-corrected chi connectivity index (χ3v) is 4.04. The number of hydrogen-bond acceptors (Lipinski definition) is 4. The Morgan fingerprint density at radius 1 is 1.61 bits per heavy atom. The van der Waals surface area contributed by atoms with E-state index in [-0.39, 0.29) is 23.6 Å². The third kappa shape index (κ3) is 1.72. The Bertz CT molecular complexity index is 548. The van der Waals surface area contributed by atoms with Gasteiger partial charge in [0, 0.05) is 0 Å². The van der Waals surface area contributed by atoms with E-state index < -0.39 is 5.97 Å². The van der Waals surface area contributed by atoms with Crippen molar-refractivity contribution in [3.05, 3.63) is 15.0 Å². The maximum Gasteiger partial charge on any atom is 0.343 e. The minimum atomic E-state index is -0.481. The molecule has 0 bridgehead atoms. The molecule has 1 aromatic heterocycles. The van der Waals surface area contributed by atoms with E-state index in [9.17, 15) is 9.59 Å². The van der Waals surface area contributed by atoms with E-state index in [1.807, 2.05) is 22.6 Å². The van der Waals surface area contributed by atoms with Gasteiger partial charge < -0.3 is 10.1 Å². The lowest BCUT2D eigenvalue weighted by atomic mass is 10.1.